The van der Waals surface area contributed by atoms with Crippen molar-refractivity contribution in [3.8, 4) is 5.75 Å². The number of hydrogen-bond acceptors (Lipinski definition) is 3. The highest BCUT2D eigenvalue weighted by atomic mass is 32.2. The molecule has 0 radical (unpaired) electrons. The van der Waals surface area contributed by atoms with Crippen LogP contribution in [0.3, 0.4) is 0 Å². The maximum atomic E-state index is 12.9. The van der Waals surface area contributed by atoms with Crippen molar-refractivity contribution in [1.82, 2.24) is 0 Å². The summed E-state index contributed by atoms with van der Waals surface area (Å²) in [4.78, 5) is 12.9. The number of rotatable bonds is 2. The molecule has 2 nitrogen and oxygen atoms in total. The summed E-state index contributed by atoms with van der Waals surface area (Å²) in [5.41, 5.74) is 2.06. The number of carbonyl (C=O) groups is 1. The van der Waals surface area contributed by atoms with E-state index in [9.17, 15) is 9.90 Å². The lowest BCUT2D eigenvalue weighted by atomic mass is 9.78. The number of thioether (sulfide) groups is 1. The highest BCUT2D eigenvalue weighted by Gasteiger charge is 2.28. The molecule has 0 unspecified atom stereocenters. The molecule has 0 aromatic heterocycles. The van der Waals surface area contributed by atoms with Crippen molar-refractivity contribution in [3.05, 3.63) is 28.8 Å². The molecule has 0 amide bonds. The van der Waals surface area contributed by atoms with Gasteiger partial charge in [0.25, 0.3) is 0 Å². The first-order valence-electron chi connectivity index (χ1n) is 9.09. The fourth-order valence-corrected chi connectivity index (χ4v) is 4.42. The van der Waals surface area contributed by atoms with E-state index < -0.39 is 0 Å². The average Bonchev–Trinajstić information content (AvgIpc) is 2.46. The summed E-state index contributed by atoms with van der Waals surface area (Å²) in [6.45, 7) is 12.5. The molecule has 0 aliphatic heterocycles. The molecule has 24 heavy (non-hydrogen) atoms. The van der Waals surface area contributed by atoms with Gasteiger partial charge in [0.15, 0.2) is 0 Å². The summed E-state index contributed by atoms with van der Waals surface area (Å²) < 4.78 is 0. The van der Waals surface area contributed by atoms with Crippen LogP contribution in [0, 0.1) is 0 Å². The summed E-state index contributed by atoms with van der Waals surface area (Å²) >= 11 is 1.50. The molecule has 0 saturated heterocycles. The van der Waals surface area contributed by atoms with Crippen LogP contribution < -0.4 is 0 Å². The molecule has 1 aromatic rings. The molecule has 1 aromatic carbocycles. The number of benzene rings is 1. The standard InChI is InChI=1S/C21H32O2S/c1-20(2,3)16-12-14(13-17(18(16)22)21(4,5)6)19(23)24-15-10-8-7-9-11-15/h12-13,15,22H,7-11H2,1-6H3. The molecule has 1 N–H and O–H groups in total. The van der Waals surface area contributed by atoms with Gasteiger partial charge in [-0.3, -0.25) is 4.79 Å². The third-order valence-corrected chi connectivity index (χ3v) is 6.04. The smallest absolute Gasteiger partial charge is 0.219 e. The number of hydrogen-bond donors (Lipinski definition) is 1. The zero-order valence-electron chi connectivity index (χ0n) is 16.0. The van der Waals surface area contributed by atoms with Crippen LogP contribution in [0.1, 0.15) is 95.1 Å². The zero-order valence-corrected chi connectivity index (χ0v) is 16.8. The van der Waals surface area contributed by atoms with Crippen molar-refractivity contribution in [2.24, 2.45) is 0 Å². The topological polar surface area (TPSA) is 37.3 Å². The van der Waals surface area contributed by atoms with Crippen molar-refractivity contribution in [2.45, 2.75) is 89.7 Å². The first-order chi connectivity index (χ1) is 11.0. The van der Waals surface area contributed by atoms with Crippen molar-refractivity contribution in [3.63, 3.8) is 0 Å². The molecule has 0 atom stereocenters. The molecular weight excluding hydrogens is 316 g/mol. The first kappa shape index (κ1) is 19.4. The van der Waals surface area contributed by atoms with Crippen LogP contribution in [0.4, 0.5) is 0 Å². The van der Waals surface area contributed by atoms with Crippen LogP contribution in [0.25, 0.3) is 0 Å². The van der Waals surface area contributed by atoms with E-state index in [0.717, 1.165) is 29.5 Å². The van der Waals surface area contributed by atoms with E-state index in [1.54, 1.807) is 0 Å². The second-order valence-electron chi connectivity index (χ2n) is 9.09. The van der Waals surface area contributed by atoms with Crippen molar-refractivity contribution in [1.29, 1.82) is 0 Å². The first-order valence-corrected chi connectivity index (χ1v) is 9.97. The molecule has 1 aliphatic rings. The number of phenols is 1. The van der Waals surface area contributed by atoms with Crippen molar-refractivity contribution in [2.75, 3.05) is 0 Å². The lowest BCUT2D eigenvalue weighted by molar-refractivity contribution is 0.108. The Labute approximate surface area is 151 Å². The summed E-state index contributed by atoms with van der Waals surface area (Å²) in [5, 5.41) is 11.4. The largest absolute Gasteiger partial charge is 0.507 e. The molecule has 0 spiro atoms. The van der Waals surface area contributed by atoms with Crippen LogP contribution in [-0.2, 0) is 10.8 Å². The van der Waals surface area contributed by atoms with E-state index in [1.807, 2.05) is 12.1 Å². The molecular formula is C21H32O2S. The summed E-state index contributed by atoms with van der Waals surface area (Å²) in [5.74, 6) is 0.342. The van der Waals surface area contributed by atoms with E-state index in [-0.39, 0.29) is 15.9 Å². The maximum Gasteiger partial charge on any atom is 0.219 e. The Bertz CT molecular complexity index is 564. The van der Waals surface area contributed by atoms with Crippen LogP contribution in [0.2, 0.25) is 0 Å². The summed E-state index contributed by atoms with van der Waals surface area (Å²) in [6.07, 6.45) is 6.06. The second-order valence-corrected chi connectivity index (χ2v) is 10.4. The van der Waals surface area contributed by atoms with Gasteiger partial charge in [0, 0.05) is 21.9 Å². The van der Waals surface area contributed by atoms with Gasteiger partial charge in [-0.05, 0) is 35.8 Å². The predicted octanol–water partition coefficient (Wildman–Crippen LogP) is 6.19. The Balaban J connectivity index is 2.40. The minimum absolute atomic E-state index is 0.151. The number of carbonyl (C=O) groups excluding carboxylic acids is 1. The molecule has 3 heteroatoms. The van der Waals surface area contributed by atoms with E-state index in [4.69, 9.17) is 0 Å². The number of phenolic OH excluding ortho intramolecular Hbond substituents is 1. The molecule has 1 fully saturated rings. The van der Waals surface area contributed by atoms with Crippen molar-refractivity contribution < 1.29 is 9.90 Å². The summed E-state index contributed by atoms with van der Waals surface area (Å²) in [6, 6.07) is 3.81. The Morgan fingerprint density at radius 1 is 0.958 bits per heavy atom. The maximum absolute atomic E-state index is 12.9. The van der Waals surface area contributed by atoms with Crippen LogP contribution >= 0.6 is 11.8 Å². The Morgan fingerprint density at radius 3 is 1.83 bits per heavy atom. The van der Waals surface area contributed by atoms with Gasteiger partial charge in [-0.25, -0.2) is 0 Å². The van der Waals surface area contributed by atoms with Gasteiger partial charge in [-0.1, -0.05) is 72.6 Å². The van der Waals surface area contributed by atoms with E-state index in [2.05, 4.69) is 41.5 Å². The Kier molecular flexibility index (Phi) is 5.74. The van der Waals surface area contributed by atoms with Gasteiger partial charge < -0.3 is 5.11 Å². The highest BCUT2D eigenvalue weighted by Crippen LogP contribution is 2.41. The van der Waals surface area contributed by atoms with Crippen LogP contribution in [0.15, 0.2) is 12.1 Å². The van der Waals surface area contributed by atoms with E-state index >= 15 is 0 Å². The second kappa shape index (κ2) is 7.11. The van der Waals surface area contributed by atoms with Gasteiger partial charge in [-0.15, -0.1) is 0 Å². The monoisotopic (exact) mass is 348 g/mol. The minimum Gasteiger partial charge on any atom is -0.507 e. The Morgan fingerprint density at radius 2 is 1.42 bits per heavy atom. The SMILES string of the molecule is CC(C)(C)c1cc(C(=O)SC2CCCCC2)cc(C(C)(C)C)c1O. The lowest BCUT2D eigenvalue weighted by Crippen LogP contribution is -2.19. The van der Waals surface area contributed by atoms with Gasteiger partial charge in [0.2, 0.25) is 5.12 Å². The van der Waals surface area contributed by atoms with Gasteiger partial charge in [0.05, 0.1) is 0 Å². The third kappa shape index (κ3) is 4.56. The van der Waals surface area contributed by atoms with Gasteiger partial charge >= 0.3 is 0 Å². The Hall–Kier alpha value is -0.960. The van der Waals surface area contributed by atoms with Crippen LogP contribution in [-0.4, -0.2) is 15.5 Å². The fourth-order valence-electron chi connectivity index (χ4n) is 3.30. The molecule has 134 valence electrons. The quantitative estimate of drug-likeness (QED) is 0.692. The zero-order chi connectivity index (χ0) is 18.1. The molecule has 2 rings (SSSR count). The van der Waals surface area contributed by atoms with Gasteiger partial charge in [0.1, 0.15) is 5.75 Å². The highest BCUT2D eigenvalue weighted by molar-refractivity contribution is 8.14. The lowest BCUT2D eigenvalue weighted by Gasteiger charge is -2.28. The van der Waals surface area contributed by atoms with Crippen molar-refractivity contribution >= 4 is 16.9 Å². The summed E-state index contributed by atoms with van der Waals surface area (Å²) in [7, 11) is 0. The average molecular weight is 349 g/mol. The van der Waals surface area contributed by atoms with Gasteiger partial charge in [-0.2, -0.15) is 0 Å². The number of aromatic hydroxyl groups is 1. The van der Waals surface area contributed by atoms with Crippen LogP contribution in [0.5, 0.6) is 5.75 Å². The fraction of sp³-hybridized carbons (Fsp3) is 0.667. The normalized spacial score (nSPS) is 17.1. The van der Waals surface area contributed by atoms with E-state index in [1.165, 1.54) is 31.0 Å². The molecule has 0 heterocycles. The molecule has 1 aliphatic carbocycles. The third-order valence-electron chi connectivity index (χ3n) is 4.79. The predicted molar refractivity (Wildman–Crippen MR) is 104 cm³/mol. The molecule has 1 saturated carbocycles. The minimum atomic E-state index is -0.199. The van der Waals surface area contributed by atoms with E-state index in [0.29, 0.717) is 11.0 Å². The molecule has 0 bridgehead atoms.